The number of hydrogen-bond acceptors (Lipinski definition) is 3. The highest BCUT2D eigenvalue weighted by atomic mass is 32.2. The number of carbonyl (C=O) groups excluding carboxylic acids is 1. The van der Waals surface area contributed by atoms with Gasteiger partial charge in [-0.25, -0.2) is 0 Å². The number of para-hydroxylation sites is 1. The summed E-state index contributed by atoms with van der Waals surface area (Å²) in [6.45, 7) is 6.83. The van der Waals surface area contributed by atoms with Gasteiger partial charge in [0.1, 0.15) is 5.75 Å². The normalized spacial score (nSPS) is 13.1. The van der Waals surface area contributed by atoms with E-state index in [1.54, 1.807) is 11.8 Å². The number of nitrogens with one attached hydrogen (secondary N) is 1. The summed E-state index contributed by atoms with van der Waals surface area (Å²) in [6, 6.07) is 16.3. The Labute approximate surface area is 161 Å². The van der Waals surface area contributed by atoms with Crippen LogP contribution in [0.2, 0.25) is 0 Å². The molecule has 0 aliphatic rings. The summed E-state index contributed by atoms with van der Waals surface area (Å²) in [4.78, 5) is 13.8. The van der Waals surface area contributed by atoms with Gasteiger partial charge in [0.2, 0.25) is 0 Å². The van der Waals surface area contributed by atoms with E-state index < -0.39 is 6.10 Å². The first-order valence-electron chi connectivity index (χ1n) is 9.25. The number of ether oxygens (including phenoxy) is 1. The largest absolute Gasteiger partial charge is 0.480 e. The van der Waals surface area contributed by atoms with E-state index in [2.05, 4.69) is 43.6 Å². The third-order valence-corrected chi connectivity index (χ3v) is 5.36. The fourth-order valence-corrected chi connectivity index (χ4v) is 3.15. The standard InChI is InChI=1S/C22H29NO2S/c1-5-16(3)19-9-7-8-10-21(19)25-20(6-2)22(24)23-15-17-11-13-18(26-4)14-12-17/h7-14,16,20H,5-6,15H2,1-4H3,(H,23,24). The average Bonchev–Trinajstić information content (AvgIpc) is 2.70. The van der Waals surface area contributed by atoms with Crippen LogP contribution in [-0.4, -0.2) is 18.3 Å². The highest BCUT2D eigenvalue weighted by Gasteiger charge is 2.20. The Hall–Kier alpha value is -1.94. The molecule has 0 saturated heterocycles. The van der Waals surface area contributed by atoms with Gasteiger partial charge < -0.3 is 10.1 Å². The van der Waals surface area contributed by atoms with Gasteiger partial charge in [-0.1, -0.05) is 51.1 Å². The molecule has 1 amide bonds. The Morgan fingerprint density at radius 1 is 1.08 bits per heavy atom. The lowest BCUT2D eigenvalue weighted by molar-refractivity contribution is -0.128. The molecule has 4 heteroatoms. The Morgan fingerprint density at radius 2 is 1.77 bits per heavy atom. The zero-order valence-electron chi connectivity index (χ0n) is 16.1. The van der Waals surface area contributed by atoms with E-state index in [-0.39, 0.29) is 5.91 Å². The van der Waals surface area contributed by atoms with Crippen molar-refractivity contribution < 1.29 is 9.53 Å². The first-order chi connectivity index (χ1) is 12.6. The average molecular weight is 372 g/mol. The Kier molecular flexibility index (Phi) is 8.05. The number of thioether (sulfide) groups is 1. The van der Waals surface area contributed by atoms with Crippen LogP contribution in [0.4, 0.5) is 0 Å². The molecule has 2 atom stereocenters. The van der Waals surface area contributed by atoms with Gasteiger partial charge in [0.25, 0.3) is 5.91 Å². The van der Waals surface area contributed by atoms with Crippen LogP contribution in [0.3, 0.4) is 0 Å². The third-order valence-electron chi connectivity index (χ3n) is 4.62. The molecule has 0 heterocycles. The van der Waals surface area contributed by atoms with Crippen LogP contribution in [0.15, 0.2) is 53.4 Å². The van der Waals surface area contributed by atoms with E-state index >= 15 is 0 Å². The molecule has 0 radical (unpaired) electrons. The van der Waals surface area contributed by atoms with Gasteiger partial charge in [-0.15, -0.1) is 11.8 Å². The molecule has 0 aromatic heterocycles. The van der Waals surface area contributed by atoms with Gasteiger partial charge in [0.15, 0.2) is 6.10 Å². The summed E-state index contributed by atoms with van der Waals surface area (Å²) in [6.07, 6.45) is 3.24. The number of amides is 1. The second kappa shape index (κ2) is 10.3. The van der Waals surface area contributed by atoms with Crippen molar-refractivity contribution in [3.05, 3.63) is 59.7 Å². The van der Waals surface area contributed by atoms with E-state index in [1.165, 1.54) is 4.90 Å². The molecule has 0 spiro atoms. The van der Waals surface area contributed by atoms with Crippen molar-refractivity contribution in [3.63, 3.8) is 0 Å². The van der Waals surface area contributed by atoms with E-state index in [0.29, 0.717) is 18.9 Å². The second-order valence-electron chi connectivity index (χ2n) is 6.43. The fourth-order valence-electron chi connectivity index (χ4n) is 2.74. The smallest absolute Gasteiger partial charge is 0.261 e. The van der Waals surface area contributed by atoms with Gasteiger partial charge in [0.05, 0.1) is 0 Å². The lowest BCUT2D eigenvalue weighted by Crippen LogP contribution is -2.37. The maximum absolute atomic E-state index is 12.6. The van der Waals surface area contributed by atoms with Crippen LogP contribution in [0.5, 0.6) is 5.75 Å². The SMILES string of the molecule is CCC(Oc1ccccc1C(C)CC)C(=O)NCc1ccc(SC)cc1. The summed E-state index contributed by atoms with van der Waals surface area (Å²) < 4.78 is 6.09. The lowest BCUT2D eigenvalue weighted by Gasteiger charge is -2.21. The number of rotatable bonds is 9. The lowest BCUT2D eigenvalue weighted by atomic mass is 9.98. The molecule has 2 aromatic carbocycles. The van der Waals surface area contributed by atoms with E-state index in [4.69, 9.17) is 4.74 Å². The Bertz CT molecular complexity index is 700. The molecular formula is C22H29NO2S. The van der Waals surface area contributed by atoms with E-state index in [0.717, 1.165) is 23.3 Å². The van der Waals surface area contributed by atoms with Crippen LogP contribution in [-0.2, 0) is 11.3 Å². The zero-order chi connectivity index (χ0) is 18.9. The minimum Gasteiger partial charge on any atom is -0.480 e. The molecule has 0 bridgehead atoms. The molecule has 0 aliphatic heterocycles. The molecule has 2 unspecified atom stereocenters. The summed E-state index contributed by atoms with van der Waals surface area (Å²) in [5.41, 5.74) is 2.25. The van der Waals surface area contributed by atoms with Gasteiger partial charge >= 0.3 is 0 Å². The van der Waals surface area contributed by atoms with Crippen molar-refractivity contribution in [3.8, 4) is 5.75 Å². The minimum absolute atomic E-state index is 0.0691. The van der Waals surface area contributed by atoms with Crippen molar-refractivity contribution in [2.45, 2.75) is 57.1 Å². The summed E-state index contributed by atoms with van der Waals surface area (Å²) in [5.74, 6) is 1.15. The minimum atomic E-state index is -0.481. The molecule has 2 rings (SSSR count). The predicted octanol–water partition coefficient (Wildman–Crippen LogP) is 5.40. The number of benzene rings is 2. The Morgan fingerprint density at radius 3 is 2.38 bits per heavy atom. The maximum Gasteiger partial charge on any atom is 0.261 e. The molecule has 0 fully saturated rings. The maximum atomic E-state index is 12.6. The van der Waals surface area contributed by atoms with Gasteiger partial charge in [-0.3, -0.25) is 4.79 Å². The quantitative estimate of drug-likeness (QED) is 0.600. The highest BCUT2D eigenvalue weighted by molar-refractivity contribution is 7.98. The van der Waals surface area contributed by atoms with Crippen molar-refractivity contribution in [2.75, 3.05) is 6.26 Å². The van der Waals surface area contributed by atoms with Gasteiger partial charge in [0, 0.05) is 11.4 Å². The van der Waals surface area contributed by atoms with Crippen LogP contribution in [0, 0.1) is 0 Å². The van der Waals surface area contributed by atoms with Crippen molar-refractivity contribution >= 4 is 17.7 Å². The molecule has 3 nitrogen and oxygen atoms in total. The van der Waals surface area contributed by atoms with Crippen molar-refractivity contribution in [1.82, 2.24) is 5.32 Å². The monoisotopic (exact) mass is 371 g/mol. The van der Waals surface area contributed by atoms with Gasteiger partial charge in [-0.2, -0.15) is 0 Å². The molecule has 1 N–H and O–H groups in total. The molecule has 2 aromatic rings. The van der Waals surface area contributed by atoms with Gasteiger partial charge in [-0.05, 0) is 54.3 Å². The molecule has 0 aliphatic carbocycles. The zero-order valence-corrected chi connectivity index (χ0v) is 16.9. The molecule has 140 valence electrons. The van der Waals surface area contributed by atoms with E-state index in [9.17, 15) is 4.79 Å². The second-order valence-corrected chi connectivity index (χ2v) is 7.31. The van der Waals surface area contributed by atoms with Crippen LogP contribution in [0.1, 0.15) is 50.7 Å². The molecular weight excluding hydrogens is 342 g/mol. The summed E-state index contributed by atoms with van der Waals surface area (Å²) in [5, 5.41) is 3.00. The van der Waals surface area contributed by atoms with Crippen LogP contribution < -0.4 is 10.1 Å². The fraction of sp³-hybridized carbons (Fsp3) is 0.409. The highest BCUT2D eigenvalue weighted by Crippen LogP contribution is 2.29. The predicted molar refractivity (Wildman–Crippen MR) is 110 cm³/mol. The summed E-state index contributed by atoms with van der Waals surface area (Å²) in [7, 11) is 0. The number of hydrogen-bond donors (Lipinski definition) is 1. The topological polar surface area (TPSA) is 38.3 Å². The van der Waals surface area contributed by atoms with Crippen LogP contribution in [0.25, 0.3) is 0 Å². The molecule has 26 heavy (non-hydrogen) atoms. The van der Waals surface area contributed by atoms with Crippen molar-refractivity contribution in [2.24, 2.45) is 0 Å². The van der Waals surface area contributed by atoms with E-state index in [1.807, 2.05) is 37.3 Å². The Balaban J connectivity index is 2.00. The number of carbonyl (C=O) groups is 1. The van der Waals surface area contributed by atoms with Crippen molar-refractivity contribution in [1.29, 1.82) is 0 Å². The third kappa shape index (κ3) is 5.53. The first-order valence-corrected chi connectivity index (χ1v) is 10.5. The summed E-state index contributed by atoms with van der Waals surface area (Å²) >= 11 is 1.71. The first kappa shape index (κ1) is 20.4. The van der Waals surface area contributed by atoms with Crippen LogP contribution >= 0.6 is 11.8 Å². The molecule has 0 saturated carbocycles.